The fourth-order valence-electron chi connectivity index (χ4n) is 6.49. The second-order valence-electron chi connectivity index (χ2n) is 12.4. The van der Waals surface area contributed by atoms with Crippen LogP contribution in [-0.4, -0.2) is 82.7 Å². The number of hydrogen-bond donors (Lipinski definition) is 4. The molecule has 0 radical (unpaired) electrons. The van der Waals surface area contributed by atoms with Gasteiger partial charge in [0, 0.05) is 24.9 Å². The van der Waals surface area contributed by atoms with E-state index in [0.29, 0.717) is 0 Å². The second-order valence-corrected chi connectivity index (χ2v) is 12.4. The number of phenolic OH excluding ortho intramolecular Hbond substituents is 1. The fraction of sp³-hybridized carbons (Fsp3) is 0.636. The summed E-state index contributed by atoms with van der Waals surface area (Å²) in [6, 6.07) is 15.4. The summed E-state index contributed by atoms with van der Waals surface area (Å²) in [6.45, 7) is 1.76. The Morgan fingerprint density at radius 2 is 0.974 bits per heavy atom. The van der Waals surface area contributed by atoms with Gasteiger partial charge in [-0.05, 0) is 82.7 Å². The highest BCUT2D eigenvalue weighted by atomic mass is 16.3. The highest BCUT2D eigenvalue weighted by Gasteiger charge is 2.39. The van der Waals surface area contributed by atoms with E-state index in [1.165, 1.54) is 18.4 Å². The van der Waals surface area contributed by atoms with Gasteiger partial charge in [0.2, 0.25) is 0 Å². The van der Waals surface area contributed by atoms with Crippen LogP contribution in [0.3, 0.4) is 0 Å². The topological polar surface area (TPSA) is 87.4 Å². The van der Waals surface area contributed by atoms with Gasteiger partial charge in [0.25, 0.3) is 0 Å². The summed E-state index contributed by atoms with van der Waals surface area (Å²) in [4.78, 5) is 4.28. The number of phenols is 1. The lowest BCUT2D eigenvalue weighted by atomic mass is 9.72. The van der Waals surface area contributed by atoms with Crippen molar-refractivity contribution in [1.82, 2.24) is 9.80 Å². The van der Waals surface area contributed by atoms with E-state index in [0.717, 1.165) is 75.6 Å². The molecule has 2 aromatic carbocycles. The van der Waals surface area contributed by atoms with Gasteiger partial charge < -0.3 is 30.2 Å². The minimum absolute atomic E-state index is 0.0723. The van der Waals surface area contributed by atoms with Gasteiger partial charge >= 0.3 is 0 Å². The molecule has 2 atom stereocenters. The lowest BCUT2D eigenvalue weighted by molar-refractivity contribution is -0.0280. The molecule has 6 heteroatoms. The number of aliphatic hydroxyl groups is 3. The zero-order valence-corrected chi connectivity index (χ0v) is 24.6. The molecule has 2 saturated carbocycles. The van der Waals surface area contributed by atoms with E-state index in [9.17, 15) is 15.3 Å². The van der Waals surface area contributed by atoms with E-state index >= 15 is 0 Å². The van der Waals surface area contributed by atoms with Crippen molar-refractivity contribution in [3.05, 3.63) is 65.2 Å². The summed E-state index contributed by atoms with van der Waals surface area (Å²) in [7, 11) is 8.20. The van der Waals surface area contributed by atoms with Crippen LogP contribution in [0, 0.1) is 0 Å². The lowest BCUT2D eigenvalue weighted by Crippen LogP contribution is -2.42. The number of aromatic hydroxyl groups is 1. The van der Waals surface area contributed by atoms with E-state index in [1.807, 2.05) is 38.4 Å². The Morgan fingerprint density at radius 3 is 1.31 bits per heavy atom. The molecule has 0 bridgehead atoms. The molecule has 4 N–H and O–H groups in total. The number of nitrogens with zero attached hydrogens (tertiary/aromatic N) is 2. The number of aliphatic hydroxyl groups excluding tert-OH is 1. The molecule has 0 aromatic heterocycles. The standard InChI is InChI=1S/C17H27NO2.C16H25NO2/c1-18(2)12-16(17(20)10-4-3-5-11-17)15-8-6-14(13-19)7-9-15;1-17(2)12-15(13-6-8-14(18)9-7-13)16(19)10-4-3-5-11-16/h6-9,16,19-20H,3-5,10-13H2,1-2H3;6-9,15,18-19H,3-5,10-12H2,1-2H3/t16-;15-/m00/s1. The van der Waals surface area contributed by atoms with Crippen LogP contribution in [-0.2, 0) is 6.61 Å². The minimum atomic E-state index is -0.598. The second kappa shape index (κ2) is 14.6. The number of benzene rings is 2. The normalized spacial score (nSPS) is 20.2. The predicted molar refractivity (Wildman–Crippen MR) is 159 cm³/mol. The van der Waals surface area contributed by atoms with Crippen molar-refractivity contribution >= 4 is 0 Å². The molecule has 218 valence electrons. The number of hydrogen-bond acceptors (Lipinski definition) is 6. The maximum Gasteiger partial charge on any atom is 0.115 e. The molecule has 2 aliphatic carbocycles. The predicted octanol–water partition coefficient (Wildman–Crippen LogP) is 5.25. The van der Waals surface area contributed by atoms with Crippen molar-refractivity contribution in [1.29, 1.82) is 0 Å². The van der Waals surface area contributed by atoms with Gasteiger partial charge in [-0.25, -0.2) is 0 Å². The third-order valence-corrected chi connectivity index (χ3v) is 8.69. The van der Waals surface area contributed by atoms with Crippen LogP contribution in [0.25, 0.3) is 0 Å². The molecule has 0 spiro atoms. The highest BCUT2D eigenvalue weighted by molar-refractivity contribution is 5.31. The van der Waals surface area contributed by atoms with Gasteiger partial charge in [0.1, 0.15) is 5.75 Å². The number of rotatable bonds is 9. The monoisotopic (exact) mass is 540 g/mol. The first kappa shape index (κ1) is 31.6. The molecule has 0 unspecified atom stereocenters. The summed E-state index contributed by atoms with van der Waals surface area (Å²) in [5, 5.41) is 40.7. The number of likely N-dealkylation sites (N-methyl/N-ethyl adjacent to an activating group) is 2. The first-order valence-corrected chi connectivity index (χ1v) is 14.8. The van der Waals surface area contributed by atoms with Crippen LogP contribution in [0.5, 0.6) is 5.75 Å². The Bertz CT molecular complexity index is 962. The van der Waals surface area contributed by atoms with Crippen molar-refractivity contribution < 1.29 is 20.4 Å². The molecule has 6 nitrogen and oxygen atoms in total. The van der Waals surface area contributed by atoms with Crippen LogP contribution >= 0.6 is 0 Å². The molecule has 39 heavy (non-hydrogen) atoms. The largest absolute Gasteiger partial charge is 0.508 e. The van der Waals surface area contributed by atoms with Crippen molar-refractivity contribution in [2.45, 2.75) is 93.9 Å². The van der Waals surface area contributed by atoms with Gasteiger partial charge in [-0.15, -0.1) is 0 Å². The Labute approximate surface area is 236 Å². The van der Waals surface area contributed by atoms with Crippen molar-refractivity contribution in [2.75, 3.05) is 41.3 Å². The van der Waals surface area contributed by atoms with Gasteiger partial charge in [0.05, 0.1) is 17.8 Å². The van der Waals surface area contributed by atoms with Crippen LogP contribution in [0.15, 0.2) is 48.5 Å². The van der Waals surface area contributed by atoms with E-state index < -0.39 is 11.2 Å². The Kier molecular flexibility index (Phi) is 11.8. The fourth-order valence-corrected chi connectivity index (χ4v) is 6.49. The molecular weight excluding hydrogens is 488 g/mol. The molecule has 0 heterocycles. The third kappa shape index (κ3) is 9.02. The summed E-state index contributed by atoms with van der Waals surface area (Å²) in [5.74, 6) is 0.539. The zero-order valence-electron chi connectivity index (χ0n) is 24.6. The maximum atomic E-state index is 11.1. The molecule has 4 rings (SSSR count). The van der Waals surface area contributed by atoms with Crippen molar-refractivity contribution in [3.8, 4) is 5.75 Å². The summed E-state index contributed by atoms with van der Waals surface area (Å²) >= 11 is 0. The van der Waals surface area contributed by atoms with Gasteiger partial charge in [-0.1, -0.05) is 74.9 Å². The minimum Gasteiger partial charge on any atom is -0.508 e. The lowest BCUT2D eigenvalue weighted by Gasteiger charge is -2.41. The first-order chi connectivity index (χ1) is 18.6. The first-order valence-electron chi connectivity index (χ1n) is 14.8. The van der Waals surface area contributed by atoms with Crippen molar-refractivity contribution in [2.24, 2.45) is 0 Å². The van der Waals surface area contributed by atoms with E-state index in [1.54, 1.807) is 12.1 Å². The zero-order chi connectivity index (χ0) is 28.5. The molecule has 2 aliphatic rings. The average Bonchev–Trinajstić information content (AvgIpc) is 2.92. The molecular formula is C33H52N2O4. The quantitative estimate of drug-likeness (QED) is 0.348. The molecule has 0 aliphatic heterocycles. The Morgan fingerprint density at radius 1 is 0.615 bits per heavy atom. The van der Waals surface area contributed by atoms with Gasteiger partial charge in [-0.3, -0.25) is 0 Å². The summed E-state index contributed by atoms with van der Waals surface area (Å²) < 4.78 is 0. The summed E-state index contributed by atoms with van der Waals surface area (Å²) in [5.41, 5.74) is 2.05. The smallest absolute Gasteiger partial charge is 0.115 e. The Hall–Kier alpha value is -1.96. The average molecular weight is 541 g/mol. The van der Waals surface area contributed by atoms with E-state index in [4.69, 9.17) is 5.11 Å². The molecule has 2 fully saturated rings. The highest BCUT2D eigenvalue weighted by Crippen LogP contribution is 2.41. The molecule has 0 amide bonds. The van der Waals surface area contributed by atoms with Crippen LogP contribution in [0.1, 0.15) is 92.7 Å². The molecule has 2 aromatic rings. The van der Waals surface area contributed by atoms with Crippen LogP contribution in [0.4, 0.5) is 0 Å². The maximum absolute atomic E-state index is 11.1. The van der Waals surface area contributed by atoms with E-state index in [-0.39, 0.29) is 24.2 Å². The van der Waals surface area contributed by atoms with Crippen LogP contribution < -0.4 is 0 Å². The summed E-state index contributed by atoms with van der Waals surface area (Å²) in [6.07, 6.45) is 10.5. The van der Waals surface area contributed by atoms with Crippen molar-refractivity contribution in [3.63, 3.8) is 0 Å². The Balaban J connectivity index is 0.000000216. The van der Waals surface area contributed by atoms with Crippen LogP contribution in [0.2, 0.25) is 0 Å². The van der Waals surface area contributed by atoms with E-state index in [2.05, 4.69) is 36.0 Å². The third-order valence-electron chi connectivity index (χ3n) is 8.69. The SMILES string of the molecule is CN(C)C[C@@H](c1ccc(CO)cc1)C1(O)CCCCC1.CN(C)C[C@@H](c1ccc(O)cc1)C1(O)CCCCC1. The van der Waals surface area contributed by atoms with Gasteiger partial charge in [0.15, 0.2) is 0 Å². The van der Waals surface area contributed by atoms with Gasteiger partial charge in [-0.2, -0.15) is 0 Å². The molecule has 0 saturated heterocycles.